The van der Waals surface area contributed by atoms with E-state index in [1.54, 1.807) is 12.1 Å². The monoisotopic (exact) mass is 438 g/mol. The first-order valence-electron chi connectivity index (χ1n) is 10.1. The lowest BCUT2D eigenvalue weighted by atomic mass is 10.2. The van der Waals surface area contributed by atoms with Gasteiger partial charge in [0, 0.05) is 18.7 Å². The van der Waals surface area contributed by atoms with Crippen LogP contribution >= 0.6 is 0 Å². The molecule has 6 nitrogen and oxygen atoms in total. The van der Waals surface area contributed by atoms with Gasteiger partial charge in [-0.2, -0.15) is 0 Å². The van der Waals surface area contributed by atoms with Crippen LogP contribution in [0, 0.1) is 0 Å². The lowest BCUT2D eigenvalue weighted by Gasteiger charge is -2.10. The minimum atomic E-state index is -3.72. The number of amides is 1. The van der Waals surface area contributed by atoms with E-state index in [1.807, 2.05) is 60.7 Å². The molecule has 0 spiro atoms. The fraction of sp³-hybridized carbons (Fsp3) is 0.208. The van der Waals surface area contributed by atoms with Crippen molar-refractivity contribution >= 4 is 15.9 Å². The van der Waals surface area contributed by atoms with Crippen LogP contribution in [0.1, 0.15) is 28.8 Å². The van der Waals surface area contributed by atoms with Gasteiger partial charge in [0.1, 0.15) is 5.75 Å². The van der Waals surface area contributed by atoms with Gasteiger partial charge in [-0.25, -0.2) is 13.1 Å². The number of rotatable bonds is 11. The van der Waals surface area contributed by atoms with E-state index in [2.05, 4.69) is 10.0 Å². The SMILES string of the molecule is O=C(NCCCCOc1ccccc1)c1cccc(S(=O)(=O)NCc2ccccc2)c1. The highest BCUT2D eigenvalue weighted by Gasteiger charge is 2.16. The van der Waals surface area contributed by atoms with Gasteiger partial charge in [-0.15, -0.1) is 0 Å². The molecule has 3 aromatic rings. The summed E-state index contributed by atoms with van der Waals surface area (Å²) in [7, 11) is -3.72. The van der Waals surface area contributed by atoms with Gasteiger partial charge in [-0.3, -0.25) is 4.79 Å². The minimum absolute atomic E-state index is 0.0624. The highest BCUT2D eigenvalue weighted by molar-refractivity contribution is 7.89. The molecule has 0 unspecified atom stereocenters. The Bertz CT molecular complexity index is 1070. The number of hydrogen-bond acceptors (Lipinski definition) is 4. The molecule has 0 heterocycles. The maximum absolute atomic E-state index is 12.6. The molecule has 7 heteroatoms. The Balaban J connectivity index is 1.45. The molecule has 0 aliphatic carbocycles. The molecule has 0 aromatic heterocycles. The van der Waals surface area contributed by atoms with E-state index in [9.17, 15) is 13.2 Å². The molecule has 0 atom stereocenters. The van der Waals surface area contributed by atoms with Crippen LogP contribution in [0.4, 0.5) is 0 Å². The molecule has 2 N–H and O–H groups in total. The van der Waals surface area contributed by atoms with Crippen LogP contribution in [0.15, 0.2) is 89.8 Å². The first kappa shape index (κ1) is 22.5. The predicted octanol–water partition coefficient (Wildman–Crippen LogP) is 3.75. The zero-order valence-electron chi connectivity index (χ0n) is 17.2. The Labute approximate surface area is 183 Å². The van der Waals surface area contributed by atoms with Crippen LogP contribution < -0.4 is 14.8 Å². The summed E-state index contributed by atoms with van der Waals surface area (Å²) in [4.78, 5) is 12.5. The van der Waals surface area contributed by atoms with Gasteiger partial charge in [0.2, 0.25) is 10.0 Å². The summed E-state index contributed by atoms with van der Waals surface area (Å²) < 4.78 is 33.3. The minimum Gasteiger partial charge on any atom is -0.494 e. The lowest BCUT2D eigenvalue weighted by Crippen LogP contribution is -2.26. The number of sulfonamides is 1. The second-order valence-corrected chi connectivity index (χ2v) is 8.73. The van der Waals surface area contributed by atoms with Crippen LogP contribution in [0.5, 0.6) is 5.75 Å². The van der Waals surface area contributed by atoms with Crippen molar-refractivity contribution in [3.05, 3.63) is 96.1 Å². The van der Waals surface area contributed by atoms with Crippen molar-refractivity contribution in [2.24, 2.45) is 0 Å². The fourth-order valence-corrected chi connectivity index (χ4v) is 3.96. The molecule has 0 saturated carbocycles. The Morgan fingerprint density at radius 2 is 1.55 bits per heavy atom. The lowest BCUT2D eigenvalue weighted by molar-refractivity contribution is 0.0952. The van der Waals surface area contributed by atoms with Crippen LogP contribution in [-0.2, 0) is 16.6 Å². The Morgan fingerprint density at radius 1 is 0.839 bits per heavy atom. The second-order valence-electron chi connectivity index (χ2n) is 6.96. The molecular weight excluding hydrogens is 412 g/mol. The smallest absolute Gasteiger partial charge is 0.251 e. The standard InChI is InChI=1S/C24H26N2O4S/c27-24(25-16-7-8-17-30-22-13-5-2-6-14-22)21-12-9-15-23(18-21)31(28,29)26-19-20-10-3-1-4-11-20/h1-6,9-15,18,26H,7-8,16-17,19H2,(H,25,27). The maximum atomic E-state index is 12.6. The molecule has 0 bridgehead atoms. The average Bonchev–Trinajstić information content (AvgIpc) is 2.81. The molecule has 0 aliphatic heterocycles. The highest BCUT2D eigenvalue weighted by atomic mass is 32.2. The van der Waals surface area contributed by atoms with Crippen molar-refractivity contribution in [2.45, 2.75) is 24.3 Å². The molecule has 0 fully saturated rings. The topological polar surface area (TPSA) is 84.5 Å². The molecule has 0 saturated heterocycles. The molecule has 3 aromatic carbocycles. The summed E-state index contributed by atoms with van der Waals surface area (Å²) in [6.07, 6.45) is 1.56. The van der Waals surface area contributed by atoms with E-state index in [0.29, 0.717) is 18.7 Å². The van der Waals surface area contributed by atoms with E-state index in [0.717, 1.165) is 24.2 Å². The predicted molar refractivity (Wildman–Crippen MR) is 120 cm³/mol. The Kier molecular flexibility index (Phi) is 8.20. The highest BCUT2D eigenvalue weighted by Crippen LogP contribution is 2.13. The molecule has 162 valence electrons. The summed E-state index contributed by atoms with van der Waals surface area (Å²) in [6.45, 7) is 1.24. The maximum Gasteiger partial charge on any atom is 0.251 e. The van der Waals surface area contributed by atoms with E-state index in [4.69, 9.17) is 4.74 Å². The van der Waals surface area contributed by atoms with Crippen molar-refractivity contribution in [1.29, 1.82) is 0 Å². The Morgan fingerprint density at radius 3 is 2.29 bits per heavy atom. The second kappa shape index (κ2) is 11.3. The third-order valence-electron chi connectivity index (χ3n) is 4.58. The summed E-state index contributed by atoms with van der Waals surface area (Å²) in [5, 5.41) is 2.82. The van der Waals surface area contributed by atoms with Crippen molar-refractivity contribution < 1.29 is 17.9 Å². The number of hydrogen-bond donors (Lipinski definition) is 2. The van der Waals surface area contributed by atoms with Crippen molar-refractivity contribution in [3.63, 3.8) is 0 Å². The van der Waals surface area contributed by atoms with Crippen molar-refractivity contribution in [2.75, 3.05) is 13.2 Å². The van der Waals surface area contributed by atoms with Gasteiger partial charge >= 0.3 is 0 Å². The summed E-state index contributed by atoms with van der Waals surface area (Å²) >= 11 is 0. The summed E-state index contributed by atoms with van der Waals surface area (Å²) in [5.74, 6) is 0.523. The van der Waals surface area contributed by atoms with E-state index >= 15 is 0 Å². The number of carbonyl (C=O) groups excluding carboxylic acids is 1. The zero-order chi connectivity index (χ0) is 21.9. The number of para-hydroxylation sites is 1. The molecular formula is C24H26N2O4S. The van der Waals surface area contributed by atoms with Gasteiger partial charge in [-0.05, 0) is 48.7 Å². The number of ether oxygens (including phenoxy) is 1. The van der Waals surface area contributed by atoms with Gasteiger partial charge in [-0.1, -0.05) is 54.6 Å². The third kappa shape index (κ3) is 7.24. The Hall–Kier alpha value is -3.16. The van der Waals surface area contributed by atoms with Gasteiger partial charge in [0.25, 0.3) is 5.91 Å². The van der Waals surface area contributed by atoms with Crippen LogP contribution in [0.3, 0.4) is 0 Å². The number of carbonyl (C=O) groups is 1. The molecule has 31 heavy (non-hydrogen) atoms. The third-order valence-corrected chi connectivity index (χ3v) is 5.98. The largest absolute Gasteiger partial charge is 0.494 e. The van der Waals surface area contributed by atoms with Crippen LogP contribution in [0.2, 0.25) is 0 Å². The molecule has 0 radical (unpaired) electrons. The normalized spacial score (nSPS) is 11.1. The first-order chi connectivity index (χ1) is 15.0. The van der Waals surface area contributed by atoms with Crippen molar-refractivity contribution in [3.8, 4) is 5.75 Å². The van der Waals surface area contributed by atoms with Gasteiger partial charge < -0.3 is 10.1 Å². The number of unbranched alkanes of at least 4 members (excludes halogenated alkanes) is 1. The van der Waals surface area contributed by atoms with E-state index < -0.39 is 10.0 Å². The van der Waals surface area contributed by atoms with Crippen molar-refractivity contribution in [1.82, 2.24) is 10.0 Å². The molecule has 1 amide bonds. The molecule has 3 rings (SSSR count). The fourth-order valence-electron chi connectivity index (χ4n) is 2.90. The summed E-state index contributed by atoms with van der Waals surface area (Å²) in [6, 6.07) is 24.9. The van der Waals surface area contributed by atoms with Crippen LogP contribution in [0.25, 0.3) is 0 Å². The first-order valence-corrected chi connectivity index (χ1v) is 11.6. The van der Waals surface area contributed by atoms with E-state index in [1.165, 1.54) is 12.1 Å². The van der Waals surface area contributed by atoms with Crippen LogP contribution in [-0.4, -0.2) is 27.5 Å². The van der Waals surface area contributed by atoms with E-state index in [-0.39, 0.29) is 17.3 Å². The zero-order valence-corrected chi connectivity index (χ0v) is 18.0. The summed E-state index contributed by atoms with van der Waals surface area (Å²) in [5.41, 5.74) is 1.17. The number of benzene rings is 3. The van der Waals surface area contributed by atoms with Gasteiger partial charge in [0.15, 0.2) is 0 Å². The quantitative estimate of drug-likeness (QED) is 0.447. The van der Waals surface area contributed by atoms with Gasteiger partial charge in [0.05, 0.1) is 11.5 Å². The molecule has 0 aliphatic rings. The number of nitrogens with one attached hydrogen (secondary N) is 2. The average molecular weight is 439 g/mol.